The number of hydrogen-bond donors (Lipinski definition) is 2. The van der Waals surface area contributed by atoms with Gasteiger partial charge in [0, 0.05) is 43.3 Å². The molecule has 130 valence electrons. The fourth-order valence-electron chi connectivity index (χ4n) is 3.49. The van der Waals surface area contributed by atoms with Crippen molar-refractivity contribution in [2.75, 3.05) is 24.6 Å². The molecule has 0 spiro atoms. The summed E-state index contributed by atoms with van der Waals surface area (Å²) in [5.74, 6) is 2.98. The second-order valence-corrected chi connectivity index (χ2v) is 7.75. The maximum atomic E-state index is 5.91. The number of fused-ring (bicyclic) bond motifs is 1. The Kier molecular flexibility index (Phi) is 4.59. The molecule has 0 bridgehead atoms. The molecule has 6 nitrogen and oxygen atoms in total. The molecular formula is C18H22N6S. The lowest BCUT2D eigenvalue weighted by Gasteiger charge is -2.15. The average molecular weight is 354 g/mol. The fraction of sp³-hybridized carbons (Fsp3) is 0.389. The van der Waals surface area contributed by atoms with Gasteiger partial charge in [-0.25, -0.2) is 15.0 Å². The molecule has 1 aliphatic heterocycles. The molecule has 0 aromatic carbocycles. The lowest BCUT2D eigenvalue weighted by Crippen LogP contribution is -2.20. The van der Waals surface area contributed by atoms with Gasteiger partial charge in [0.15, 0.2) is 5.82 Å². The van der Waals surface area contributed by atoms with Gasteiger partial charge in [0.2, 0.25) is 0 Å². The van der Waals surface area contributed by atoms with Crippen LogP contribution >= 0.6 is 11.8 Å². The van der Waals surface area contributed by atoms with Crippen LogP contribution in [0.4, 0.5) is 5.82 Å². The molecule has 1 saturated heterocycles. The van der Waals surface area contributed by atoms with E-state index in [0.29, 0.717) is 17.7 Å². The van der Waals surface area contributed by atoms with Crippen LogP contribution in [0, 0.1) is 11.8 Å². The third-order valence-corrected chi connectivity index (χ3v) is 6.02. The van der Waals surface area contributed by atoms with Crippen LogP contribution in [0.5, 0.6) is 0 Å². The Morgan fingerprint density at radius 2 is 2.20 bits per heavy atom. The number of rotatable bonds is 5. The van der Waals surface area contributed by atoms with Gasteiger partial charge >= 0.3 is 0 Å². The van der Waals surface area contributed by atoms with Crippen LogP contribution in [-0.4, -0.2) is 43.7 Å². The molecule has 2 unspecified atom stereocenters. The minimum Gasteiger partial charge on any atom is -0.382 e. The van der Waals surface area contributed by atoms with Crippen LogP contribution in [0.2, 0.25) is 0 Å². The molecule has 7 heteroatoms. The third-order valence-electron chi connectivity index (χ3n) is 4.89. The van der Waals surface area contributed by atoms with Crippen LogP contribution < -0.4 is 5.73 Å². The fourth-order valence-corrected chi connectivity index (χ4v) is 4.62. The standard InChI is InChI=1S/C18H22N6S/c1-12-7-24(9-14(12)10-25-15-4-2-3-5-20-15)8-13-6-21-17-16(13)22-11-23-18(17)19/h2-6,11-12,14,21H,7-10H2,1H3,(H2,19,22,23). The first-order valence-electron chi connectivity index (χ1n) is 8.53. The number of anilines is 1. The number of nitrogens with one attached hydrogen (secondary N) is 1. The maximum absolute atomic E-state index is 5.91. The summed E-state index contributed by atoms with van der Waals surface area (Å²) < 4.78 is 0. The van der Waals surface area contributed by atoms with Gasteiger partial charge in [-0.05, 0) is 24.0 Å². The SMILES string of the molecule is CC1CN(Cc2c[nH]c3c(N)ncnc23)CC1CSc1ccccn1. The number of pyridine rings is 1. The van der Waals surface area contributed by atoms with Crippen molar-refractivity contribution in [3.63, 3.8) is 0 Å². The smallest absolute Gasteiger partial charge is 0.151 e. The highest BCUT2D eigenvalue weighted by atomic mass is 32.2. The van der Waals surface area contributed by atoms with Gasteiger partial charge in [-0.2, -0.15) is 0 Å². The number of hydrogen-bond acceptors (Lipinski definition) is 6. The maximum Gasteiger partial charge on any atom is 0.151 e. The highest BCUT2D eigenvalue weighted by molar-refractivity contribution is 7.99. The molecular weight excluding hydrogens is 332 g/mol. The third kappa shape index (κ3) is 3.48. The van der Waals surface area contributed by atoms with Gasteiger partial charge in [0.05, 0.1) is 10.5 Å². The van der Waals surface area contributed by atoms with E-state index in [9.17, 15) is 0 Å². The molecule has 3 aromatic heterocycles. The monoisotopic (exact) mass is 354 g/mol. The van der Waals surface area contributed by atoms with Gasteiger partial charge < -0.3 is 10.7 Å². The Labute approximate surface area is 151 Å². The van der Waals surface area contributed by atoms with E-state index >= 15 is 0 Å². The van der Waals surface area contributed by atoms with E-state index in [2.05, 4.69) is 37.8 Å². The Hall–Kier alpha value is -2.12. The molecule has 4 heterocycles. The lowest BCUT2D eigenvalue weighted by atomic mass is 10.0. The normalized spacial score (nSPS) is 21.2. The van der Waals surface area contributed by atoms with Crippen molar-refractivity contribution in [1.82, 2.24) is 24.8 Å². The van der Waals surface area contributed by atoms with E-state index < -0.39 is 0 Å². The first kappa shape index (κ1) is 16.4. The second kappa shape index (κ2) is 7.01. The van der Waals surface area contributed by atoms with Crippen LogP contribution in [0.15, 0.2) is 41.9 Å². The van der Waals surface area contributed by atoms with Crippen LogP contribution in [-0.2, 0) is 6.54 Å². The summed E-state index contributed by atoms with van der Waals surface area (Å²) in [5, 5.41) is 1.11. The zero-order valence-electron chi connectivity index (χ0n) is 14.2. The molecule has 4 rings (SSSR count). The lowest BCUT2D eigenvalue weighted by molar-refractivity contribution is 0.317. The molecule has 0 amide bonds. The Morgan fingerprint density at radius 1 is 1.28 bits per heavy atom. The summed E-state index contributed by atoms with van der Waals surface area (Å²) >= 11 is 1.85. The molecule has 1 fully saturated rings. The molecule has 3 N–H and O–H groups in total. The van der Waals surface area contributed by atoms with Crippen molar-refractivity contribution in [3.8, 4) is 0 Å². The number of likely N-dealkylation sites (tertiary alicyclic amines) is 1. The van der Waals surface area contributed by atoms with Crippen molar-refractivity contribution >= 4 is 28.6 Å². The van der Waals surface area contributed by atoms with E-state index in [1.54, 1.807) is 0 Å². The molecule has 0 aliphatic carbocycles. The van der Waals surface area contributed by atoms with Crippen LogP contribution in [0.1, 0.15) is 12.5 Å². The Morgan fingerprint density at radius 3 is 3.04 bits per heavy atom. The minimum absolute atomic E-state index is 0.510. The zero-order valence-corrected chi connectivity index (χ0v) is 15.0. The number of nitrogens with zero attached hydrogens (tertiary/aromatic N) is 4. The summed E-state index contributed by atoms with van der Waals surface area (Å²) in [6, 6.07) is 6.09. The minimum atomic E-state index is 0.510. The van der Waals surface area contributed by atoms with Crippen molar-refractivity contribution in [2.24, 2.45) is 11.8 Å². The van der Waals surface area contributed by atoms with E-state index in [0.717, 1.165) is 41.4 Å². The largest absolute Gasteiger partial charge is 0.382 e. The van der Waals surface area contributed by atoms with E-state index in [-0.39, 0.29) is 0 Å². The molecule has 1 aliphatic rings. The second-order valence-electron chi connectivity index (χ2n) is 6.71. The predicted octanol–water partition coefficient (Wildman–Crippen LogP) is 2.80. The number of aromatic nitrogens is 4. The molecule has 3 aromatic rings. The summed E-state index contributed by atoms with van der Waals surface area (Å²) in [4.78, 5) is 18.6. The molecule has 25 heavy (non-hydrogen) atoms. The number of thioether (sulfide) groups is 1. The van der Waals surface area contributed by atoms with Gasteiger partial charge in [-0.1, -0.05) is 13.0 Å². The molecule has 0 radical (unpaired) electrons. The van der Waals surface area contributed by atoms with Gasteiger partial charge in [0.25, 0.3) is 0 Å². The average Bonchev–Trinajstić information content (AvgIpc) is 3.19. The number of H-pyrrole nitrogens is 1. The first-order valence-corrected chi connectivity index (χ1v) is 9.52. The number of aromatic amines is 1. The van der Waals surface area contributed by atoms with Crippen molar-refractivity contribution in [2.45, 2.75) is 18.5 Å². The number of nitrogens with two attached hydrogens (primary N) is 1. The summed E-state index contributed by atoms with van der Waals surface area (Å²) in [6.45, 7) is 5.46. The Balaban J connectivity index is 1.40. The summed E-state index contributed by atoms with van der Waals surface area (Å²) in [5.41, 5.74) is 8.88. The van der Waals surface area contributed by atoms with E-state index in [4.69, 9.17) is 5.73 Å². The first-order chi connectivity index (χ1) is 12.2. The summed E-state index contributed by atoms with van der Waals surface area (Å²) in [7, 11) is 0. The quantitative estimate of drug-likeness (QED) is 0.686. The highest BCUT2D eigenvalue weighted by Gasteiger charge is 2.30. The van der Waals surface area contributed by atoms with Crippen molar-refractivity contribution in [1.29, 1.82) is 0 Å². The van der Waals surface area contributed by atoms with Gasteiger partial charge in [0.1, 0.15) is 11.8 Å². The predicted molar refractivity (Wildman–Crippen MR) is 101 cm³/mol. The highest BCUT2D eigenvalue weighted by Crippen LogP contribution is 2.30. The topological polar surface area (TPSA) is 83.7 Å². The zero-order chi connectivity index (χ0) is 17.2. The van der Waals surface area contributed by atoms with Gasteiger partial charge in [-0.3, -0.25) is 4.90 Å². The summed E-state index contributed by atoms with van der Waals surface area (Å²) in [6.07, 6.45) is 5.40. The van der Waals surface area contributed by atoms with Crippen molar-refractivity contribution < 1.29 is 0 Å². The van der Waals surface area contributed by atoms with E-state index in [1.165, 1.54) is 11.9 Å². The van der Waals surface area contributed by atoms with E-state index in [1.807, 2.05) is 36.3 Å². The van der Waals surface area contributed by atoms with Gasteiger partial charge in [-0.15, -0.1) is 11.8 Å². The van der Waals surface area contributed by atoms with Crippen LogP contribution in [0.25, 0.3) is 11.0 Å². The Bertz CT molecular complexity index is 849. The van der Waals surface area contributed by atoms with Crippen LogP contribution in [0.3, 0.4) is 0 Å². The molecule has 2 atom stereocenters. The molecule has 0 saturated carbocycles. The van der Waals surface area contributed by atoms with Crippen molar-refractivity contribution in [3.05, 3.63) is 42.5 Å². The number of nitrogen functional groups attached to an aromatic ring is 1.